The van der Waals surface area contributed by atoms with Crippen molar-refractivity contribution in [2.45, 2.75) is 32.6 Å². The zero-order valence-corrected chi connectivity index (χ0v) is 13.0. The van der Waals surface area contributed by atoms with Crippen LogP contribution in [0.5, 0.6) is 0 Å². The van der Waals surface area contributed by atoms with Crippen molar-refractivity contribution in [1.29, 1.82) is 0 Å². The van der Waals surface area contributed by atoms with Gasteiger partial charge in [-0.3, -0.25) is 9.59 Å². The summed E-state index contributed by atoms with van der Waals surface area (Å²) in [5.41, 5.74) is 5.76. The van der Waals surface area contributed by atoms with Crippen molar-refractivity contribution < 1.29 is 9.59 Å². The number of rotatable bonds is 2. The third-order valence-corrected chi connectivity index (χ3v) is 4.53. The lowest BCUT2D eigenvalue weighted by molar-refractivity contribution is -0.137. The lowest BCUT2D eigenvalue weighted by Crippen LogP contribution is -2.41. The molecule has 0 bridgehead atoms. The van der Waals surface area contributed by atoms with Crippen molar-refractivity contribution in [3.8, 4) is 0 Å². The number of hydrogen-bond donors (Lipinski definition) is 1. The average Bonchev–Trinajstić information content (AvgIpc) is 2.73. The smallest absolute Gasteiger partial charge is 0.226 e. The summed E-state index contributed by atoms with van der Waals surface area (Å²) in [6.07, 6.45) is 4.06. The summed E-state index contributed by atoms with van der Waals surface area (Å²) in [7, 11) is 0. The molecule has 1 saturated carbocycles. The fourth-order valence-electron chi connectivity index (χ4n) is 3.33. The average molecular weight is 304 g/mol. The van der Waals surface area contributed by atoms with E-state index in [2.05, 4.69) is 0 Å². The maximum atomic E-state index is 12.6. The Kier molecular flexibility index (Phi) is 6.76. The topological polar surface area (TPSA) is 66.6 Å². The van der Waals surface area contributed by atoms with Crippen molar-refractivity contribution in [1.82, 2.24) is 9.80 Å². The maximum Gasteiger partial charge on any atom is 0.226 e. The third-order valence-electron chi connectivity index (χ3n) is 4.53. The van der Waals surface area contributed by atoms with E-state index in [0.717, 1.165) is 38.8 Å². The van der Waals surface area contributed by atoms with Crippen LogP contribution in [0.4, 0.5) is 0 Å². The molecule has 20 heavy (non-hydrogen) atoms. The molecule has 1 saturated heterocycles. The molecule has 0 unspecified atom stereocenters. The zero-order chi connectivity index (χ0) is 13.8. The predicted octanol–water partition coefficient (Wildman–Crippen LogP) is 0.864. The number of carbonyl (C=O) groups excluding carboxylic acids is 2. The quantitative estimate of drug-likeness (QED) is 0.823. The van der Waals surface area contributed by atoms with Gasteiger partial charge in [0.25, 0.3) is 0 Å². The summed E-state index contributed by atoms with van der Waals surface area (Å²) >= 11 is 0. The van der Waals surface area contributed by atoms with Gasteiger partial charge in [-0.05, 0) is 31.7 Å². The molecule has 0 aromatic heterocycles. The first-order valence-corrected chi connectivity index (χ1v) is 7.38. The van der Waals surface area contributed by atoms with E-state index < -0.39 is 0 Å². The van der Waals surface area contributed by atoms with Crippen molar-refractivity contribution in [3.05, 3.63) is 0 Å². The van der Waals surface area contributed by atoms with Gasteiger partial charge in [0.1, 0.15) is 0 Å². The maximum absolute atomic E-state index is 12.6. The first-order valence-electron chi connectivity index (χ1n) is 7.38. The molecule has 116 valence electrons. The first kappa shape index (κ1) is 17.2. The minimum atomic E-state index is 0. The second-order valence-electron chi connectivity index (χ2n) is 5.72. The molecule has 0 radical (unpaired) electrons. The highest BCUT2D eigenvalue weighted by Gasteiger charge is 2.35. The molecule has 5 nitrogen and oxygen atoms in total. The molecule has 2 rings (SSSR count). The number of carbonyl (C=O) groups is 2. The molecule has 2 fully saturated rings. The Morgan fingerprint density at radius 1 is 1.05 bits per heavy atom. The minimum Gasteiger partial charge on any atom is -0.341 e. The van der Waals surface area contributed by atoms with E-state index in [1.165, 1.54) is 0 Å². The fourth-order valence-corrected chi connectivity index (χ4v) is 3.33. The fraction of sp³-hybridized carbons (Fsp3) is 0.857. The lowest BCUT2D eigenvalue weighted by atomic mass is 9.94. The summed E-state index contributed by atoms with van der Waals surface area (Å²) in [6, 6.07) is 0. The van der Waals surface area contributed by atoms with E-state index in [4.69, 9.17) is 5.73 Å². The van der Waals surface area contributed by atoms with Crippen LogP contribution in [-0.4, -0.2) is 54.3 Å². The van der Waals surface area contributed by atoms with Crippen LogP contribution in [0, 0.1) is 11.8 Å². The molecule has 0 aromatic rings. The van der Waals surface area contributed by atoms with Gasteiger partial charge >= 0.3 is 0 Å². The molecule has 0 spiro atoms. The van der Waals surface area contributed by atoms with Crippen LogP contribution in [0.2, 0.25) is 0 Å². The molecular weight excluding hydrogens is 278 g/mol. The highest BCUT2D eigenvalue weighted by atomic mass is 35.5. The largest absolute Gasteiger partial charge is 0.341 e. The summed E-state index contributed by atoms with van der Waals surface area (Å²) in [4.78, 5) is 27.7. The highest BCUT2D eigenvalue weighted by Crippen LogP contribution is 2.32. The molecule has 2 amide bonds. The summed E-state index contributed by atoms with van der Waals surface area (Å²) in [6.45, 7) is 5.09. The molecule has 2 atom stereocenters. The number of hydrogen-bond acceptors (Lipinski definition) is 3. The molecule has 1 aliphatic heterocycles. The SMILES string of the molecule is CC(=O)N1CCCN(C(=O)[C@@H]2CCC[C@@H]2CN)CC1.Cl. The third kappa shape index (κ3) is 3.85. The Morgan fingerprint density at radius 3 is 2.35 bits per heavy atom. The second kappa shape index (κ2) is 7.84. The normalized spacial score (nSPS) is 26.9. The van der Waals surface area contributed by atoms with Crippen LogP contribution < -0.4 is 5.73 Å². The van der Waals surface area contributed by atoms with Gasteiger partial charge in [-0.2, -0.15) is 0 Å². The summed E-state index contributed by atoms with van der Waals surface area (Å²) in [5, 5.41) is 0. The van der Waals surface area contributed by atoms with Gasteiger partial charge in [0.2, 0.25) is 11.8 Å². The minimum absolute atomic E-state index is 0. The molecular formula is C14H26ClN3O2. The Labute approximate surface area is 127 Å². The van der Waals surface area contributed by atoms with E-state index in [-0.39, 0.29) is 30.1 Å². The molecule has 6 heteroatoms. The molecule has 0 aromatic carbocycles. The van der Waals surface area contributed by atoms with E-state index in [1.54, 1.807) is 6.92 Å². The number of halogens is 1. The number of amides is 2. The Morgan fingerprint density at radius 2 is 1.70 bits per heavy atom. The van der Waals surface area contributed by atoms with Gasteiger partial charge in [-0.1, -0.05) is 6.42 Å². The Balaban J connectivity index is 0.00000200. The van der Waals surface area contributed by atoms with Crippen LogP contribution in [0.25, 0.3) is 0 Å². The highest BCUT2D eigenvalue weighted by molar-refractivity contribution is 5.85. The van der Waals surface area contributed by atoms with Crippen molar-refractivity contribution in [2.75, 3.05) is 32.7 Å². The molecule has 1 aliphatic carbocycles. The van der Waals surface area contributed by atoms with Gasteiger partial charge < -0.3 is 15.5 Å². The summed E-state index contributed by atoms with van der Waals surface area (Å²) < 4.78 is 0. The van der Waals surface area contributed by atoms with Crippen molar-refractivity contribution in [2.24, 2.45) is 17.6 Å². The molecule has 2 N–H and O–H groups in total. The van der Waals surface area contributed by atoms with E-state index >= 15 is 0 Å². The Hall–Kier alpha value is -0.810. The molecule has 1 heterocycles. The van der Waals surface area contributed by atoms with Crippen molar-refractivity contribution >= 4 is 24.2 Å². The van der Waals surface area contributed by atoms with Gasteiger partial charge in [0.05, 0.1) is 0 Å². The van der Waals surface area contributed by atoms with Crippen molar-refractivity contribution in [3.63, 3.8) is 0 Å². The first-order chi connectivity index (χ1) is 9.13. The van der Waals surface area contributed by atoms with Gasteiger partial charge in [-0.25, -0.2) is 0 Å². The second-order valence-corrected chi connectivity index (χ2v) is 5.72. The predicted molar refractivity (Wildman–Crippen MR) is 80.6 cm³/mol. The monoisotopic (exact) mass is 303 g/mol. The van der Waals surface area contributed by atoms with Gasteiger partial charge in [0.15, 0.2) is 0 Å². The van der Waals surface area contributed by atoms with Crippen LogP contribution in [-0.2, 0) is 9.59 Å². The van der Waals surface area contributed by atoms with Gasteiger partial charge in [0, 0.05) is 39.0 Å². The van der Waals surface area contributed by atoms with E-state index in [0.29, 0.717) is 25.6 Å². The lowest BCUT2D eigenvalue weighted by Gasteiger charge is -2.27. The van der Waals surface area contributed by atoms with Crippen LogP contribution in [0.3, 0.4) is 0 Å². The molecule has 2 aliphatic rings. The van der Waals surface area contributed by atoms with E-state index in [1.807, 2.05) is 9.80 Å². The van der Waals surface area contributed by atoms with Crippen LogP contribution in [0.15, 0.2) is 0 Å². The summed E-state index contributed by atoms with van der Waals surface area (Å²) in [5.74, 6) is 0.849. The van der Waals surface area contributed by atoms with E-state index in [9.17, 15) is 9.59 Å². The zero-order valence-electron chi connectivity index (χ0n) is 12.2. The standard InChI is InChI=1S/C14H25N3O2.ClH/c1-11(18)16-6-3-7-17(9-8-16)14(19)13-5-2-4-12(13)10-15;/h12-13H,2-10,15H2,1H3;1H/t12-,13-;/m1./s1. The number of nitrogens with two attached hydrogens (primary N) is 1. The van der Waals surface area contributed by atoms with Crippen LogP contribution in [0.1, 0.15) is 32.6 Å². The Bertz CT molecular complexity index is 351. The van der Waals surface area contributed by atoms with Crippen LogP contribution >= 0.6 is 12.4 Å². The van der Waals surface area contributed by atoms with Gasteiger partial charge in [-0.15, -0.1) is 12.4 Å². The number of nitrogens with zero attached hydrogens (tertiary/aromatic N) is 2.